The highest BCUT2D eigenvalue weighted by Gasteiger charge is 2.09. The van der Waals surface area contributed by atoms with Crippen LogP contribution in [0.4, 0.5) is 5.69 Å². The summed E-state index contributed by atoms with van der Waals surface area (Å²) in [6.07, 6.45) is 1.49. The van der Waals surface area contributed by atoms with Gasteiger partial charge in [0.2, 0.25) is 5.78 Å². The van der Waals surface area contributed by atoms with Crippen LogP contribution in [0.3, 0.4) is 0 Å². The van der Waals surface area contributed by atoms with Gasteiger partial charge >= 0.3 is 0 Å². The summed E-state index contributed by atoms with van der Waals surface area (Å²) in [6.45, 7) is 1.95. The Morgan fingerprint density at radius 1 is 1.25 bits per heavy atom. The van der Waals surface area contributed by atoms with Gasteiger partial charge in [-0.15, -0.1) is 0 Å². The highest BCUT2D eigenvalue weighted by molar-refractivity contribution is 6.07. The summed E-state index contributed by atoms with van der Waals surface area (Å²) in [6, 6.07) is 10.8. The average molecular weight is 212 g/mol. The van der Waals surface area contributed by atoms with Gasteiger partial charge in [0.1, 0.15) is 5.69 Å². The number of benzene rings is 1. The van der Waals surface area contributed by atoms with Crippen molar-refractivity contribution in [2.24, 2.45) is 0 Å². The van der Waals surface area contributed by atoms with E-state index >= 15 is 0 Å². The Hall–Kier alpha value is -2.16. The quantitative estimate of drug-likeness (QED) is 0.776. The number of carbonyl (C=O) groups is 1. The summed E-state index contributed by atoms with van der Waals surface area (Å²) >= 11 is 0. The highest BCUT2D eigenvalue weighted by atomic mass is 16.1. The Morgan fingerprint density at radius 3 is 2.69 bits per heavy atom. The van der Waals surface area contributed by atoms with Gasteiger partial charge in [-0.1, -0.05) is 23.8 Å². The van der Waals surface area contributed by atoms with E-state index in [0.717, 1.165) is 5.56 Å². The number of hydrogen-bond donors (Lipinski definition) is 1. The first-order chi connectivity index (χ1) is 7.66. The smallest absolute Gasteiger partial charge is 0.211 e. The topological polar surface area (TPSA) is 56.0 Å². The molecule has 3 nitrogen and oxygen atoms in total. The lowest BCUT2D eigenvalue weighted by atomic mass is 10.1. The molecule has 0 aliphatic carbocycles. The van der Waals surface area contributed by atoms with Crippen LogP contribution in [-0.4, -0.2) is 10.8 Å². The molecule has 2 aromatic rings. The minimum atomic E-state index is -0.0799. The van der Waals surface area contributed by atoms with Crippen molar-refractivity contribution in [1.29, 1.82) is 0 Å². The lowest BCUT2D eigenvalue weighted by molar-refractivity contribution is 0.103. The fourth-order valence-corrected chi connectivity index (χ4v) is 1.47. The van der Waals surface area contributed by atoms with Crippen LogP contribution in [0, 0.1) is 6.92 Å². The molecule has 1 aromatic heterocycles. The zero-order valence-electron chi connectivity index (χ0n) is 8.97. The van der Waals surface area contributed by atoms with Gasteiger partial charge in [-0.25, -0.2) is 0 Å². The number of aromatic nitrogens is 1. The molecule has 3 heteroatoms. The summed E-state index contributed by atoms with van der Waals surface area (Å²) in [7, 11) is 0. The Bertz CT molecular complexity index is 518. The second-order valence-corrected chi connectivity index (χ2v) is 3.68. The molecule has 16 heavy (non-hydrogen) atoms. The molecule has 0 amide bonds. The Morgan fingerprint density at radius 2 is 2.06 bits per heavy atom. The molecule has 2 N–H and O–H groups in total. The number of pyridine rings is 1. The summed E-state index contributed by atoms with van der Waals surface area (Å²) in [4.78, 5) is 16.0. The van der Waals surface area contributed by atoms with Gasteiger partial charge < -0.3 is 5.73 Å². The van der Waals surface area contributed by atoms with Crippen molar-refractivity contribution >= 4 is 11.5 Å². The van der Waals surface area contributed by atoms with Crippen molar-refractivity contribution in [2.45, 2.75) is 6.92 Å². The van der Waals surface area contributed by atoms with Gasteiger partial charge in [-0.2, -0.15) is 0 Å². The van der Waals surface area contributed by atoms with Gasteiger partial charge in [0.15, 0.2) is 0 Å². The summed E-state index contributed by atoms with van der Waals surface area (Å²) in [5.41, 5.74) is 8.20. The molecule has 1 heterocycles. The number of rotatable bonds is 2. The first kappa shape index (κ1) is 10.4. The SMILES string of the molecule is Cc1cccc(C(=O)c2ccc(N)cn2)c1. The van der Waals surface area contributed by atoms with Crippen molar-refractivity contribution < 1.29 is 4.79 Å². The standard InChI is InChI=1S/C13H12N2O/c1-9-3-2-4-10(7-9)13(16)12-6-5-11(14)8-15-12/h2-8H,14H2,1H3. The Labute approximate surface area is 93.9 Å². The van der Waals surface area contributed by atoms with Gasteiger partial charge in [0, 0.05) is 5.56 Å². The molecular weight excluding hydrogens is 200 g/mol. The van der Waals surface area contributed by atoms with Crippen molar-refractivity contribution in [2.75, 3.05) is 5.73 Å². The van der Waals surface area contributed by atoms with Gasteiger partial charge in [0.05, 0.1) is 11.9 Å². The van der Waals surface area contributed by atoms with Crippen LogP contribution >= 0.6 is 0 Å². The molecule has 0 unspecified atom stereocenters. The van der Waals surface area contributed by atoms with E-state index in [1.165, 1.54) is 6.20 Å². The number of carbonyl (C=O) groups excluding carboxylic acids is 1. The number of ketones is 1. The minimum absolute atomic E-state index is 0.0799. The van der Waals surface area contributed by atoms with Crippen LogP contribution in [0.25, 0.3) is 0 Å². The fourth-order valence-electron chi connectivity index (χ4n) is 1.47. The number of aryl methyl sites for hydroxylation is 1. The first-order valence-corrected chi connectivity index (χ1v) is 5.00. The molecule has 2 rings (SSSR count). The summed E-state index contributed by atoms with van der Waals surface area (Å²) in [5.74, 6) is -0.0799. The number of nitrogens with zero attached hydrogens (tertiary/aromatic N) is 1. The van der Waals surface area contributed by atoms with Crippen molar-refractivity contribution in [1.82, 2.24) is 4.98 Å². The first-order valence-electron chi connectivity index (χ1n) is 5.00. The number of hydrogen-bond acceptors (Lipinski definition) is 3. The van der Waals surface area contributed by atoms with Crippen molar-refractivity contribution in [3.63, 3.8) is 0 Å². The predicted molar refractivity (Wildman–Crippen MR) is 63.3 cm³/mol. The average Bonchev–Trinajstić information content (AvgIpc) is 2.29. The zero-order chi connectivity index (χ0) is 11.5. The van der Waals surface area contributed by atoms with E-state index in [1.807, 2.05) is 25.1 Å². The molecule has 0 saturated carbocycles. The van der Waals surface area contributed by atoms with E-state index in [-0.39, 0.29) is 5.78 Å². The third-order valence-electron chi connectivity index (χ3n) is 2.30. The molecular formula is C13H12N2O. The van der Waals surface area contributed by atoms with Crippen LogP contribution in [0.2, 0.25) is 0 Å². The third kappa shape index (κ3) is 2.08. The predicted octanol–water partition coefficient (Wildman–Crippen LogP) is 2.20. The minimum Gasteiger partial charge on any atom is -0.397 e. The lowest BCUT2D eigenvalue weighted by Crippen LogP contribution is -2.04. The molecule has 0 atom stereocenters. The summed E-state index contributed by atoms with van der Waals surface area (Å²) in [5, 5.41) is 0. The normalized spacial score (nSPS) is 10.1. The van der Waals surface area contributed by atoms with Crippen molar-refractivity contribution in [3.05, 3.63) is 59.4 Å². The molecule has 0 spiro atoms. The second-order valence-electron chi connectivity index (χ2n) is 3.68. The van der Waals surface area contributed by atoms with E-state index in [4.69, 9.17) is 5.73 Å². The van der Waals surface area contributed by atoms with Gasteiger partial charge in [-0.3, -0.25) is 9.78 Å². The monoisotopic (exact) mass is 212 g/mol. The van der Waals surface area contributed by atoms with Crippen LogP contribution in [0.5, 0.6) is 0 Å². The largest absolute Gasteiger partial charge is 0.397 e. The fraction of sp³-hybridized carbons (Fsp3) is 0.0769. The highest BCUT2D eigenvalue weighted by Crippen LogP contribution is 2.10. The molecule has 0 radical (unpaired) electrons. The third-order valence-corrected chi connectivity index (χ3v) is 2.30. The Kier molecular flexibility index (Phi) is 2.68. The molecule has 0 aliphatic rings. The van der Waals surface area contributed by atoms with Crippen LogP contribution in [-0.2, 0) is 0 Å². The lowest BCUT2D eigenvalue weighted by Gasteiger charge is -2.01. The van der Waals surface area contributed by atoms with E-state index in [0.29, 0.717) is 16.9 Å². The zero-order valence-corrected chi connectivity index (χ0v) is 8.97. The van der Waals surface area contributed by atoms with Gasteiger partial charge in [0.25, 0.3) is 0 Å². The van der Waals surface area contributed by atoms with Crippen molar-refractivity contribution in [3.8, 4) is 0 Å². The molecule has 0 fully saturated rings. The van der Waals surface area contributed by atoms with Crippen LogP contribution < -0.4 is 5.73 Å². The van der Waals surface area contributed by atoms with Crippen LogP contribution in [0.15, 0.2) is 42.6 Å². The Balaban J connectivity index is 2.35. The molecule has 0 aliphatic heterocycles. The van der Waals surface area contributed by atoms with Gasteiger partial charge in [-0.05, 0) is 25.1 Å². The molecule has 0 saturated heterocycles. The van der Waals surface area contributed by atoms with Crippen LogP contribution in [0.1, 0.15) is 21.6 Å². The summed E-state index contributed by atoms with van der Waals surface area (Å²) < 4.78 is 0. The second kappa shape index (κ2) is 4.14. The van der Waals surface area contributed by atoms with E-state index in [9.17, 15) is 4.79 Å². The van der Waals surface area contributed by atoms with E-state index < -0.39 is 0 Å². The number of anilines is 1. The maximum atomic E-state index is 12.0. The number of nitrogen functional groups attached to an aromatic ring is 1. The van der Waals surface area contributed by atoms with E-state index in [2.05, 4.69) is 4.98 Å². The maximum absolute atomic E-state index is 12.0. The molecule has 0 bridgehead atoms. The molecule has 1 aromatic carbocycles. The maximum Gasteiger partial charge on any atom is 0.211 e. The molecule has 80 valence electrons. The number of nitrogens with two attached hydrogens (primary N) is 1. The van der Waals surface area contributed by atoms with E-state index in [1.54, 1.807) is 18.2 Å².